The number of benzene rings is 2. The minimum Gasteiger partial charge on any atom is -0.496 e. The molecule has 6 nitrogen and oxygen atoms in total. The number of hydrogen-bond donors (Lipinski definition) is 1. The molecule has 1 amide bonds. The van der Waals surface area contributed by atoms with E-state index in [1.165, 1.54) is 10.6 Å². The van der Waals surface area contributed by atoms with Gasteiger partial charge >= 0.3 is 0 Å². The molecule has 0 fully saturated rings. The Morgan fingerprint density at radius 3 is 2.40 bits per heavy atom. The van der Waals surface area contributed by atoms with Gasteiger partial charge in [-0.2, -0.15) is 0 Å². The highest BCUT2D eigenvalue weighted by molar-refractivity contribution is 7.92. The number of ether oxygens (including phenoxy) is 1. The Hall–Kier alpha value is -2.54. The second kappa shape index (κ2) is 10.5. The summed E-state index contributed by atoms with van der Waals surface area (Å²) in [5.41, 5.74) is 3.58. The molecule has 0 aliphatic carbocycles. The van der Waals surface area contributed by atoms with E-state index in [2.05, 4.69) is 5.32 Å². The molecular formula is C23H32N2O4S. The zero-order chi connectivity index (χ0) is 22.3. The third-order valence-electron chi connectivity index (χ3n) is 5.11. The first-order valence-electron chi connectivity index (χ1n) is 10.1. The Morgan fingerprint density at radius 1 is 1.13 bits per heavy atom. The predicted molar refractivity (Wildman–Crippen MR) is 122 cm³/mol. The summed E-state index contributed by atoms with van der Waals surface area (Å²) in [7, 11) is -1.79. The van der Waals surface area contributed by atoms with Crippen molar-refractivity contribution >= 4 is 21.6 Å². The van der Waals surface area contributed by atoms with Crippen LogP contribution in [0, 0.1) is 13.8 Å². The summed E-state index contributed by atoms with van der Waals surface area (Å²) in [6.45, 7) is 6.13. The molecule has 7 heteroatoms. The molecule has 30 heavy (non-hydrogen) atoms. The van der Waals surface area contributed by atoms with Gasteiger partial charge in [-0.25, -0.2) is 8.42 Å². The number of amides is 1. The number of anilines is 1. The number of nitrogens with zero attached hydrogens (tertiary/aromatic N) is 1. The number of nitrogens with one attached hydrogen (secondary N) is 1. The third kappa shape index (κ3) is 6.23. The summed E-state index contributed by atoms with van der Waals surface area (Å²) in [4.78, 5) is 12.5. The number of rotatable bonds is 10. The second-order valence-electron chi connectivity index (χ2n) is 7.48. The number of para-hydroxylation sites is 1. The molecule has 0 bridgehead atoms. The molecule has 0 saturated heterocycles. The average Bonchev–Trinajstić information content (AvgIpc) is 2.69. The van der Waals surface area contributed by atoms with Crippen LogP contribution in [0.5, 0.6) is 5.75 Å². The Labute approximate surface area is 180 Å². The van der Waals surface area contributed by atoms with Gasteiger partial charge in [0.15, 0.2) is 0 Å². The minimum atomic E-state index is -3.43. The smallest absolute Gasteiger partial charge is 0.232 e. The van der Waals surface area contributed by atoms with Gasteiger partial charge in [0, 0.05) is 13.0 Å². The first-order valence-corrected chi connectivity index (χ1v) is 12.0. The normalized spacial score (nSPS) is 12.3. The lowest BCUT2D eigenvalue weighted by atomic mass is 10.0. The summed E-state index contributed by atoms with van der Waals surface area (Å²) >= 11 is 0. The van der Waals surface area contributed by atoms with Crippen LogP contribution in [0.15, 0.2) is 42.5 Å². The molecule has 1 N–H and O–H groups in total. The van der Waals surface area contributed by atoms with Gasteiger partial charge in [-0.3, -0.25) is 9.10 Å². The summed E-state index contributed by atoms with van der Waals surface area (Å²) in [5, 5.41) is 3.06. The van der Waals surface area contributed by atoms with Crippen LogP contribution in [0.1, 0.15) is 48.9 Å². The van der Waals surface area contributed by atoms with Crippen LogP contribution >= 0.6 is 0 Å². The Bertz CT molecular complexity index is 973. The van der Waals surface area contributed by atoms with Crippen molar-refractivity contribution in [3.8, 4) is 5.75 Å². The highest BCUT2D eigenvalue weighted by Crippen LogP contribution is 2.25. The summed E-state index contributed by atoms with van der Waals surface area (Å²) in [5.74, 6) is 0.727. The predicted octanol–water partition coefficient (Wildman–Crippen LogP) is 4.13. The van der Waals surface area contributed by atoms with Crippen molar-refractivity contribution in [1.29, 1.82) is 0 Å². The van der Waals surface area contributed by atoms with Gasteiger partial charge in [0.05, 0.1) is 25.1 Å². The number of aryl methyl sites for hydroxylation is 2. The van der Waals surface area contributed by atoms with E-state index in [0.29, 0.717) is 12.1 Å². The van der Waals surface area contributed by atoms with Crippen molar-refractivity contribution < 1.29 is 17.9 Å². The molecule has 0 unspecified atom stereocenters. The number of hydrogen-bond acceptors (Lipinski definition) is 4. The lowest BCUT2D eigenvalue weighted by molar-refractivity contribution is -0.121. The van der Waals surface area contributed by atoms with E-state index in [1.54, 1.807) is 13.2 Å². The molecule has 0 aliphatic heterocycles. The fraction of sp³-hybridized carbons (Fsp3) is 0.435. The van der Waals surface area contributed by atoms with Crippen molar-refractivity contribution in [1.82, 2.24) is 5.32 Å². The molecule has 0 spiro atoms. The van der Waals surface area contributed by atoms with Crippen LogP contribution in [-0.4, -0.2) is 34.2 Å². The maximum Gasteiger partial charge on any atom is 0.232 e. The number of sulfonamides is 1. The summed E-state index contributed by atoms with van der Waals surface area (Å²) < 4.78 is 31.2. The summed E-state index contributed by atoms with van der Waals surface area (Å²) in [6, 6.07) is 13.2. The number of methoxy groups -OCH3 is 1. The second-order valence-corrected chi connectivity index (χ2v) is 9.39. The summed E-state index contributed by atoms with van der Waals surface area (Å²) in [6.07, 6.45) is 2.64. The van der Waals surface area contributed by atoms with Crippen molar-refractivity contribution in [3.63, 3.8) is 0 Å². The molecule has 164 valence electrons. The van der Waals surface area contributed by atoms with E-state index in [4.69, 9.17) is 4.74 Å². The minimum absolute atomic E-state index is 0.0893. The van der Waals surface area contributed by atoms with Crippen LogP contribution in [0.25, 0.3) is 0 Å². The lowest BCUT2D eigenvalue weighted by Crippen LogP contribution is -2.33. The van der Waals surface area contributed by atoms with Gasteiger partial charge in [-0.05, 0) is 55.5 Å². The highest BCUT2D eigenvalue weighted by Gasteiger charge is 2.20. The first kappa shape index (κ1) is 23.7. The van der Waals surface area contributed by atoms with Crippen LogP contribution in [0.3, 0.4) is 0 Å². The fourth-order valence-electron chi connectivity index (χ4n) is 3.50. The van der Waals surface area contributed by atoms with E-state index >= 15 is 0 Å². The molecule has 0 saturated carbocycles. The van der Waals surface area contributed by atoms with Gasteiger partial charge < -0.3 is 10.1 Å². The highest BCUT2D eigenvalue weighted by atomic mass is 32.2. The molecule has 0 heterocycles. The molecule has 2 aromatic carbocycles. The van der Waals surface area contributed by atoms with Gasteiger partial charge in [0.2, 0.25) is 15.9 Å². The molecule has 2 rings (SSSR count). The van der Waals surface area contributed by atoms with E-state index < -0.39 is 10.0 Å². The van der Waals surface area contributed by atoms with Crippen molar-refractivity contribution in [2.24, 2.45) is 0 Å². The Morgan fingerprint density at radius 2 is 1.83 bits per heavy atom. The van der Waals surface area contributed by atoms with E-state index in [1.807, 2.05) is 57.2 Å². The first-order chi connectivity index (χ1) is 14.2. The quantitative estimate of drug-likeness (QED) is 0.613. The zero-order valence-corrected chi connectivity index (χ0v) is 19.3. The van der Waals surface area contributed by atoms with E-state index in [9.17, 15) is 13.2 Å². The molecule has 2 aromatic rings. The molecule has 0 radical (unpaired) electrons. The van der Waals surface area contributed by atoms with Crippen molar-refractivity contribution in [3.05, 3.63) is 59.2 Å². The van der Waals surface area contributed by atoms with E-state index in [-0.39, 0.29) is 24.9 Å². The standard InChI is InChI=1S/C23H32N2O4S/c1-6-20(19-13-14-22(29-4)18(3)16-19)24-23(26)12-9-15-25(30(5,27)28)21-11-8-7-10-17(21)2/h7-8,10-11,13-14,16,20H,6,9,12,15H2,1-5H3,(H,24,26)/t20-/m0/s1. The van der Waals surface area contributed by atoms with Gasteiger partial charge in [-0.15, -0.1) is 0 Å². The number of carbonyl (C=O) groups is 1. The van der Waals surface area contributed by atoms with Crippen molar-refractivity contribution in [2.45, 2.75) is 46.1 Å². The molecule has 0 aliphatic rings. The maximum atomic E-state index is 12.5. The Balaban J connectivity index is 2.00. The SMILES string of the molecule is CC[C@H](NC(=O)CCCN(c1ccccc1C)S(C)(=O)=O)c1ccc(OC)c(C)c1. The fourth-order valence-corrected chi connectivity index (χ4v) is 4.52. The van der Waals surface area contributed by atoms with Crippen LogP contribution in [0.4, 0.5) is 5.69 Å². The monoisotopic (exact) mass is 432 g/mol. The molecule has 0 aromatic heterocycles. The maximum absolute atomic E-state index is 12.5. The Kier molecular flexibility index (Phi) is 8.29. The largest absolute Gasteiger partial charge is 0.496 e. The third-order valence-corrected chi connectivity index (χ3v) is 6.29. The zero-order valence-electron chi connectivity index (χ0n) is 18.4. The lowest BCUT2D eigenvalue weighted by Gasteiger charge is -2.24. The topological polar surface area (TPSA) is 75.7 Å². The van der Waals surface area contributed by atoms with Gasteiger partial charge in [0.1, 0.15) is 5.75 Å². The van der Waals surface area contributed by atoms with Crippen LogP contribution in [-0.2, 0) is 14.8 Å². The molecule has 1 atom stereocenters. The van der Waals surface area contributed by atoms with Gasteiger partial charge in [-0.1, -0.05) is 37.3 Å². The molecular weight excluding hydrogens is 400 g/mol. The van der Waals surface area contributed by atoms with E-state index in [0.717, 1.165) is 28.9 Å². The van der Waals surface area contributed by atoms with Crippen molar-refractivity contribution in [2.75, 3.05) is 24.2 Å². The average molecular weight is 433 g/mol. The van der Waals surface area contributed by atoms with Crippen LogP contribution in [0.2, 0.25) is 0 Å². The van der Waals surface area contributed by atoms with Crippen LogP contribution < -0.4 is 14.4 Å². The van der Waals surface area contributed by atoms with Gasteiger partial charge in [0.25, 0.3) is 0 Å². The number of carbonyl (C=O) groups excluding carboxylic acids is 1.